The first-order valence-corrected chi connectivity index (χ1v) is 9.10. The number of hydrogen-bond acceptors (Lipinski definition) is 3. The molecule has 0 bridgehead atoms. The van der Waals surface area contributed by atoms with E-state index in [0.717, 1.165) is 54.6 Å². The molecule has 2 aromatic carbocycles. The molecule has 0 amide bonds. The topological polar surface area (TPSA) is 86.9 Å². The van der Waals surface area contributed by atoms with Crippen LogP contribution in [0.1, 0.15) is 23.2 Å². The zero-order valence-electron chi connectivity index (χ0n) is 15.5. The molecule has 5 N–H and O–H groups in total. The maximum absolute atomic E-state index is 7.55. The standard InChI is InChI=1S/C21H24N4O.2ClH/c22-21(23)16-5-4-15-11-17(25-20(15)12-16)6-1-14-2-7-18(8-3-14)26-19-9-10-24-13-19;;/h2-5,7-8,11-12,19,24-25H,1,6,9-10,13H2,(H3,22,23);2*1H/t19-;;/m0../s1. The summed E-state index contributed by atoms with van der Waals surface area (Å²) in [6, 6.07) is 16.4. The summed E-state index contributed by atoms with van der Waals surface area (Å²) in [4.78, 5) is 3.44. The van der Waals surface area contributed by atoms with Crippen molar-refractivity contribution in [3.05, 3.63) is 65.4 Å². The monoisotopic (exact) mass is 420 g/mol. The number of nitrogens with one attached hydrogen (secondary N) is 3. The minimum atomic E-state index is 0. The number of aromatic amines is 1. The lowest BCUT2D eigenvalue weighted by molar-refractivity contribution is 0.223. The van der Waals surface area contributed by atoms with Crippen molar-refractivity contribution in [1.29, 1.82) is 5.41 Å². The summed E-state index contributed by atoms with van der Waals surface area (Å²) >= 11 is 0. The van der Waals surface area contributed by atoms with Crippen molar-refractivity contribution >= 4 is 41.6 Å². The number of ether oxygens (including phenoxy) is 1. The van der Waals surface area contributed by atoms with Gasteiger partial charge in [0.15, 0.2) is 0 Å². The van der Waals surface area contributed by atoms with Crippen LogP contribution in [0.5, 0.6) is 5.75 Å². The van der Waals surface area contributed by atoms with E-state index >= 15 is 0 Å². The summed E-state index contributed by atoms with van der Waals surface area (Å²) in [5.41, 5.74) is 9.83. The van der Waals surface area contributed by atoms with Crippen molar-refractivity contribution in [2.24, 2.45) is 5.73 Å². The maximum atomic E-state index is 7.55. The summed E-state index contributed by atoms with van der Waals surface area (Å²) in [5, 5.41) is 12.0. The second-order valence-corrected chi connectivity index (χ2v) is 6.89. The second kappa shape index (κ2) is 9.82. The first-order chi connectivity index (χ1) is 12.7. The van der Waals surface area contributed by atoms with Gasteiger partial charge in [-0.05, 0) is 61.0 Å². The van der Waals surface area contributed by atoms with E-state index in [0.29, 0.717) is 6.10 Å². The lowest BCUT2D eigenvalue weighted by atomic mass is 10.1. The van der Waals surface area contributed by atoms with Crippen molar-refractivity contribution in [3.8, 4) is 5.75 Å². The molecule has 1 saturated heterocycles. The van der Waals surface area contributed by atoms with Crippen molar-refractivity contribution in [3.63, 3.8) is 0 Å². The number of nitrogen functional groups attached to an aromatic ring is 1. The van der Waals surface area contributed by atoms with E-state index in [1.807, 2.05) is 18.2 Å². The number of fused-ring (bicyclic) bond motifs is 1. The highest BCUT2D eigenvalue weighted by Crippen LogP contribution is 2.20. The highest BCUT2D eigenvalue weighted by molar-refractivity contribution is 5.98. The van der Waals surface area contributed by atoms with Gasteiger partial charge in [0.25, 0.3) is 0 Å². The molecule has 0 aliphatic carbocycles. The SMILES string of the molecule is Cl.Cl.N=C(N)c1ccc2cc(CCc3ccc(O[C@H]4CCNC4)cc3)[nH]c2c1. The van der Waals surface area contributed by atoms with Gasteiger partial charge in [0.1, 0.15) is 17.7 Å². The van der Waals surface area contributed by atoms with E-state index in [2.05, 4.69) is 40.6 Å². The van der Waals surface area contributed by atoms with Crippen LogP contribution in [0.25, 0.3) is 10.9 Å². The van der Waals surface area contributed by atoms with Crippen LogP contribution in [-0.4, -0.2) is 30.0 Å². The minimum absolute atomic E-state index is 0. The van der Waals surface area contributed by atoms with Crippen LogP contribution < -0.4 is 15.8 Å². The average molecular weight is 421 g/mol. The molecule has 2 heterocycles. The number of benzene rings is 2. The molecule has 4 rings (SSSR count). The van der Waals surface area contributed by atoms with Gasteiger partial charge >= 0.3 is 0 Å². The van der Waals surface area contributed by atoms with Crippen LogP contribution in [-0.2, 0) is 12.8 Å². The fourth-order valence-electron chi connectivity index (χ4n) is 3.42. The van der Waals surface area contributed by atoms with Crippen LogP contribution in [0.2, 0.25) is 0 Å². The van der Waals surface area contributed by atoms with Crippen LogP contribution in [0.15, 0.2) is 48.5 Å². The molecular weight excluding hydrogens is 395 g/mol. The van der Waals surface area contributed by atoms with E-state index in [9.17, 15) is 0 Å². The van der Waals surface area contributed by atoms with Crippen molar-refractivity contribution in [2.45, 2.75) is 25.4 Å². The molecule has 1 aliphatic rings. The number of nitrogens with two attached hydrogens (primary N) is 1. The number of aromatic nitrogens is 1. The molecule has 1 aromatic heterocycles. The third-order valence-electron chi connectivity index (χ3n) is 4.91. The quantitative estimate of drug-likeness (QED) is 0.361. The maximum Gasteiger partial charge on any atom is 0.122 e. The van der Waals surface area contributed by atoms with Gasteiger partial charge in [-0.25, -0.2) is 0 Å². The predicted octanol–water partition coefficient (Wildman–Crippen LogP) is 3.82. The van der Waals surface area contributed by atoms with Gasteiger partial charge in [-0.2, -0.15) is 0 Å². The number of rotatable bonds is 6. The third kappa shape index (κ3) is 5.19. The Kier molecular flexibility index (Phi) is 7.75. The van der Waals surface area contributed by atoms with Gasteiger partial charge in [0.05, 0.1) is 0 Å². The van der Waals surface area contributed by atoms with Gasteiger partial charge in [-0.15, -0.1) is 24.8 Å². The molecule has 1 atom stereocenters. The molecule has 28 heavy (non-hydrogen) atoms. The molecule has 0 unspecified atom stereocenters. The first kappa shape index (κ1) is 22.1. The van der Waals surface area contributed by atoms with Gasteiger partial charge in [-0.3, -0.25) is 5.41 Å². The summed E-state index contributed by atoms with van der Waals surface area (Å²) in [6.07, 6.45) is 3.29. The third-order valence-corrected chi connectivity index (χ3v) is 4.91. The van der Waals surface area contributed by atoms with Crippen molar-refractivity contribution in [2.75, 3.05) is 13.1 Å². The molecule has 0 saturated carbocycles. The van der Waals surface area contributed by atoms with Crippen molar-refractivity contribution in [1.82, 2.24) is 10.3 Å². The summed E-state index contributed by atoms with van der Waals surface area (Å²) in [6.45, 7) is 1.98. The molecule has 1 aliphatic heterocycles. The lowest BCUT2D eigenvalue weighted by Crippen LogP contribution is -2.19. The second-order valence-electron chi connectivity index (χ2n) is 6.89. The molecule has 0 spiro atoms. The van der Waals surface area contributed by atoms with E-state index in [1.165, 1.54) is 11.3 Å². The molecule has 7 heteroatoms. The molecule has 0 radical (unpaired) electrons. The first-order valence-electron chi connectivity index (χ1n) is 9.10. The molecule has 150 valence electrons. The van der Waals surface area contributed by atoms with E-state index in [4.69, 9.17) is 15.9 Å². The molecular formula is C21H26Cl2N4O. The van der Waals surface area contributed by atoms with Gasteiger partial charge < -0.3 is 20.8 Å². The highest BCUT2D eigenvalue weighted by atomic mass is 35.5. The Morgan fingerprint density at radius 1 is 1.07 bits per heavy atom. The predicted molar refractivity (Wildman–Crippen MR) is 120 cm³/mol. The molecule has 5 nitrogen and oxygen atoms in total. The number of amidine groups is 1. The number of aryl methyl sites for hydroxylation is 2. The largest absolute Gasteiger partial charge is 0.489 e. The molecule has 3 aromatic rings. The van der Waals surface area contributed by atoms with Crippen molar-refractivity contribution < 1.29 is 4.74 Å². The summed E-state index contributed by atoms with van der Waals surface area (Å²) in [7, 11) is 0. The fourth-order valence-corrected chi connectivity index (χ4v) is 3.42. The number of halogens is 2. The Morgan fingerprint density at radius 2 is 1.86 bits per heavy atom. The lowest BCUT2D eigenvalue weighted by Gasteiger charge is -2.12. The molecule has 1 fully saturated rings. The van der Waals surface area contributed by atoms with Crippen LogP contribution in [0.4, 0.5) is 0 Å². The number of H-pyrrole nitrogens is 1. The minimum Gasteiger partial charge on any atom is -0.489 e. The zero-order chi connectivity index (χ0) is 17.9. The Hall–Kier alpha value is -2.21. The normalized spacial score (nSPS) is 15.6. The fraction of sp³-hybridized carbons (Fsp3) is 0.286. The summed E-state index contributed by atoms with van der Waals surface area (Å²) in [5.74, 6) is 1.04. The Balaban J connectivity index is 0.00000140. The van der Waals surface area contributed by atoms with Gasteiger partial charge in [0.2, 0.25) is 0 Å². The van der Waals surface area contributed by atoms with Crippen LogP contribution >= 0.6 is 24.8 Å². The highest BCUT2D eigenvalue weighted by Gasteiger charge is 2.15. The Labute approximate surface area is 177 Å². The van der Waals surface area contributed by atoms with Crippen LogP contribution in [0.3, 0.4) is 0 Å². The van der Waals surface area contributed by atoms with E-state index < -0.39 is 0 Å². The smallest absolute Gasteiger partial charge is 0.122 e. The Morgan fingerprint density at radius 3 is 2.54 bits per heavy atom. The van der Waals surface area contributed by atoms with Gasteiger partial charge in [0, 0.05) is 23.3 Å². The Bertz CT molecular complexity index is 918. The van der Waals surface area contributed by atoms with E-state index in [1.54, 1.807) is 0 Å². The zero-order valence-corrected chi connectivity index (χ0v) is 17.2. The summed E-state index contributed by atoms with van der Waals surface area (Å²) < 4.78 is 5.97. The van der Waals surface area contributed by atoms with Crippen LogP contribution in [0, 0.1) is 5.41 Å². The number of hydrogen-bond donors (Lipinski definition) is 4. The average Bonchev–Trinajstić information content (AvgIpc) is 3.29. The van der Waals surface area contributed by atoms with E-state index in [-0.39, 0.29) is 30.6 Å². The van der Waals surface area contributed by atoms with Gasteiger partial charge in [-0.1, -0.05) is 24.3 Å².